The molecular formula is C69H84N2. The predicted octanol–water partition coefficient (Wildman–Crippen LogP) is 18.9. The normalized spacial score (nSPS) is 14.0. The van der Waals surface area contributed by atoms with E-state index in [4.69, 9.17) is 0 Å². The lowest BCUT2D eigenvalue weighted by molar-refractivity contribution is 0.854. The highest BCUT2D eigenvalue weighted by molar-refractivity contribution is 5.80. The summed E-state index contributed by atoms with van der Waals surface area (Å²) in [7, 11) is 3.44. The van der Waals surface area contributed by atoms with Gasteiger partial charge in [0.2, 0.25) is 0 Å². The lowest BCUT2D eigenvalue weighted by atomic mass is 9.92. The molecule has 71 heavy (non-hydrogen) atoms. The van der Waals surface area contributed by atoms with Crippen molar-refractivity contribution in [3.8, 4) is 11.8 Å². The van der Waals surface area contributed by atoms with Crippen molar-refractivity contribution >= 4 is 28.5 Å². The summed E-state index contributed by atoms with van der Waals surface area (Å²) in [5.41, 5.74) is 18.4. The number of aryl methyl sites for hydroxylation is 1. The Hall–Kier alpha value is -7.44. The molecule has 2 nitrogen and oxygen atoms in total. The molecule has 370 valence electrons. The molecular weight excluding hydrogens is 857 g/mol. The molecule has 2 atom stereocenters. The summed E-state index contributed by atoms with van der Waals surface area (Å²) < 4.78 is 0. The minimum atomic E-state index is 0.241. The van der Waals surface area contributed by atoms with Crippen LogP contribution in [0.15, 0.2) is 249 Å². The molecule has 2 unspecified atom stereocenters. The molecule has 0 heterocycles. The standard InChI is InChI=1S/C51H52.C13H15N.2C2H6.CH5N/c1-8-12-15-21-42(6)46(11-4)34-27-41(5)28-35-48(20-10-3)51-39-32-45(33-40-51)31-38-50(49-24-17-14-18-25-49)26-19-23-44-29-36-47(37-30-44)43(7)22-16-13-9-2;1-14-13-9-7-12(8-10-13)11-5-3-2-4-6-11;3*1-2/h8-18,20-22,24-26,28-33,35-40,42H,2-3,5,19,23H2,1,4,6-7H3;2-5,7-11,14H,6H2,1H3;2*1-2H3;2H2,1H3/b12-8-,16-13-,21-15-,35-28-,38-31-,43-22+,46-11+,48-20+,50-26+;;;;. The van der Waals surface area contributed by atoms with Gasteiger partial charge < -0.3 is 11.1 Å². The smallest absolute Gasteiger partial charge is 0.0337 e. The fourth-order valence-corrected chi connectivity index (χ4v) is 6.97. The predicted molar refractivity (Wildman–Crippen MR) is 323 cm³/mol. The van der Waals surface area contributed by atoms with Gasteiger partial charge >= 0.3 is 0 Å². The van der Waals surface area contributed by atoms with E-state index in [9.17, 15) is 0 Å². The lowest BCUT2D eigenvalue weighted by Gasteiger charge is -2.13. The molecule has 0 fully saturated rings. The minimum Gasteiger partial charge on any atom is -0.388 e. The van der Waals surface area contributed by atoms with E-state index in [1.54, 1.807) is 6.08 Å². The van der Waals surface area contributed by atoms with Gasteiger partial charge in [0, 0.05) is 35.7 Å². The third-order valence-corrected chi connectivity index (χ3v) is 10.8. The summed E-state index contributed by atoms with van der Waals surface area (Å²) in [5.74, 6) is 7.31. The highest BCUT2D eigenvalue weighted by Gasteiger charge is 2.08. The summed E-state index contributed by atoms with van der Waals surface area (Å²) in [6.45, 7) is 28.2. The first-order valence-corrected chi connectivity index (χ1v) is 25.2. The number of hydrogen-bond donors (Lipinski definition) is 2. The lowest BCUT2D eigenvalue weighted by Crippen LogP contribution is -1.96. The maximum absolute atomic E-state index is 4.50. The third-order valence-electron chi connectivity index (χ3n) is 10.8. The first kappa shape index (κ1) is 61.6. The second kappa shape index (κ2) is 39.4. The van der Waals surface area contributed by atoms with Gasteiger partial charge in [0.25, 0.3) is 0 Å². The van der Waals surface area contributed by atoms with Crippen LogP contribution in [0.1, 0.15) is 108 Å². The van der Waals surface area contributed by atoms with E-state index in [-0.39, 0.29) is 5.92 Å². The molecule has 0 saturated heterocycles. The van der Waals surface area contributed by atoms with E-state index in [2.05, 4.69) is 233 Å². The third kappa shape index (κ3) is 24.6. The van der Waals surface area contributed by atoms with E-state index >= 15 is 0 Å². The second-order valence-electron chi connectivity index (χ2n) is 15.6. The van der Waals surface area contributed by atoms with Crippen molar-refractivity contribution in [3.05, 3.63) is 283 Å². The zero-order chi connectivity index (χ0) is 52.5. The van der Waals surface area contributed by atoms with Gasteiger partial charge in [-0.05, 0) is 115 Å². The Kier molecular flexibility index (Phi) is 34.2. The van der Waals surface area contributed by atoms with Crippen LogP contribution in [0.3, 0.4) is 0 Å². The van der Waals surface area contributed by atoms with Crippen molar-refractivity contribution in [2.75, 3.05) is 19.4 Å². The van der Waals surface area contributed by atoms with E-state index in [1.807, 2.05) is 91.1 Å². The van der Waals surface area contributed by atoms with Gasteiger partial charge in [-0.25, -0.2) is 0 Å². The van der Waals surface area contributed by atoms with Crippen LogP contribution in [-0.4, -0.2) is 14.1 Å². The van der Waals surface area contributed by atoms with Crippen LogP contribution in [0.2, 0.25) is 0 Å². The SMILES string of the molecule is C=C/C=C\C=C(/C)c1ccc(CC/C=C(\C=C/c2ccc(C(/C=C\C(=C)C#C/C(=C\C)C(C)/C=C\C=C/C)=C/C=C)cc2)c2ccccc2)cc1.CC.CC.CN.CNc1ccc(C2C=CC=CC2)cc1. The number of allylic oxidation sites excluding steroid dienone is 24. The maximum atomic E-state index is 4.50. The quantitative estimate of drug-likeness (QED) is 0.0771. The van der Waals surface area contributed by atoms with Crippen LogP contribution in [0.4, 0.5) is 5.69 Å². The van der Waals surface area contributed by atoms with Gasteiger partial charge in [-0.3, -0.25) is 0 Å². The average molecular weight is 941 g/mol. The van der Waals surface area contributed by atoms with E-state index < -0.39 is 0 Å². The van der Waals surface area contributed by atoms with Crippen molar-refractivity contribution in [2.24, 2.45) is 11.7 Å². The Morgan fingerprint density at radius 2 is 1.38 bits per heavy atom. The van der Waals surface area contributed by atoms with Crippen LogP contribution in [-0.2, 0) is 6.42 Å². The Morgan fingerprint density at radius 3 is 1.97 bits per heavy atom. The molecule has 4 aromatic rings. The van der Waals surface area contributed by atoms with Gasteiger partial charge in [-0.15, -0.1) is 0 Å². The molecule has 0 aliphatic heterocycles. The summed E-state index contributed by atoms with van der Waals surface area (Å²) in [5, 5.41) is 3.13. The molecule has 0 saturated carbocycles. The molecule has 4 aromatic carbocycles. The number of nitrogens with one attached hydrogen (secondary N) is 1. The number of anilines is 1. The minimum absolute atomic E-state index is 0.241. The number of benzene rings is 4. The topological polar surface area (TPSA) is 38.0 Å². The van der Waals surface area contributed by atoms with Gasteiger partial charge in [0.05, 0.1) is 0 Å². The zero-order valence-corrected chi connectivity index (χ0v) is 44.8. The Labute approximate surface area is 432 Å². The van der Waals surface area contributed by atoms with Gasteiger partial charge in [0.1, 0.15) is 0 Å². The van der Waals surface area contributed by atoms with Crippen molar-refractivity contribution in [1.82, 2.24) is 0 Å². The fourth-order valence-electron chi connectivity index (χ4n) is 6.97. The molecule has 5 rings (SSSR count). The molecule has 1 aliphatic rings. The van der Waals surface area contributed by atoms with Gasteiger partial charge in [-0.1, -0.05) is 273 Å². The molecule has 0 bridgehead atoms. The Bertz CT molecular complexity index is 2540. The summed E-state index contributed by atoms with van der Waals surface area (Å²) in [6, 6.07) is 36.7. The van der Waals surface area contributed by atoms with Crippen LogP contribution in [0, 0.1) is 17.8 Å². The van der Waals surface area contributed by atoms with Crippen molar-refractivity contribution < 1.29 is 0 Å². The average Bonchev–Trinajstić information content (AvgIpc) is 3.43. The Balaban J connectivity index is 0.00000105. The van der Waals surface area contributed by atoms with E-state index in [1.165, 1.54) is 46.1 Å². The number of hydrogen-bond acceptors (Lipinski definition) is 2. The van der Waals surface area contributed by atoms with Crippen LogP contribution < -0.4 is 11.1 Å². The first-order valence-electron chi connectivity index (χ1n) is 25.2. The largest absolute Gasteiger partial charge is 0.388 e. The number of nitrogens with two attached hydrogens (primary N) is 1. The first-order chi connectivity index (χ1) is 34.8. The molecule has 1 aliphatic carbocycles. The van der Waals surface area contributed by atoms with Crippen molar-refractivity contribution in [3.63, 3.8) is 0 Å². The number of rotatable bonds is 18. The van der Waals surface area contributed by atoms with Gasteiger partial charge in [-0.2, -0.15) is 0 Å². The highest BCUT2D eigenvalue weighted by Crippen LogP contribution is 2.26. The van der Waals surface area contributed by atoms with Gasteiger partial charge in [0.15, 0.2) is 0 Å². The zero-order valence-electron chi connectivity index (χ0n) is 44.8. The Morgan fingerprint density at radius 1 is 0.718 bits per heavy atom. The molecule has 0 radical (unpaired) electrons. The molecule has 0 aromatic heterocycles. The summed E-state index contributed by atoms with van der Waals surface area (Å²) in [4.78, 5) is 0. The highest BCUT2D eigenvalue weighted by atomic mass is 14.8. The van der Waals surface area contributed by atoms with Crippen LogP contribution in [0.5, 0.6) is 0 Å². The molecule has 0 amide bonds. The fraction of sp³-hybridized carbons (Fsp3) is 0.217. The molecule has 2 heteroatoms. The molecule has 0 spiro atoms. The maximum Gasteiger partial charge on any atom is 0.0337 e. The van der Waals surface area contributed by atoms with E-state index in [0.717, 1.165) is 47.1 Å². The van der Waals surface area contributed by atoms with Crippen LogP contribution in [0.25, 0.3) is 22.8 Å². The van der Waals surface area contributed by atoms with Crippen LogP contribution >= 0.6 is 0 Å². The van der Waals surface area contributed by atoms with Crippen molar-refractivity contribution in [1.29, 1.82) is 0 Å². The van der Waals surface area contributed by atoms with E-state index in [0.29, 0.717) is 5.92 Å². The second-order valence-corrected chi connectivity index (χ2v) is 15.6. The summed E-state index contributed by atoms with van der Waals surface area (Å²) >= 11 is 0. The summed E-state index contributed by atoms with van der Waals surface area (Å²) in [6.07, 6.45) is 44.5. The van der Waals surface area contributed by atoms with Crippen molar-refractivity contribution in [2.45, 2.75) is 80.6 Å². The molecule has 3 N–H and O–H groups in total. The monoisotopic (exact) mass is 941 g/mol.